The van der Waals surface area contributed by atoms with Crippen LogP contribution in [0.1, 0.15) is 31.4 Å². The van der Waals surface area contributed by atoms with Gasteiger partial charge in [-0.2, -0.15) is 0 Å². The van der Waals surface area contributed by atoms with Gasteiger partial charge in [-0.15, -0.1) is 0 Å². The van der Waals surface area contributed by atoms with Gasteiger partial charge in [-0.1, -0.05) is 17.7 Å². The van der Waals surface area contributed by atoms with Crippen LogP contribution in [0.4, 0.5) is 9.18 Å². The highest BCUT2D eigenvalue weighted by molar-refractivity contribution is 6.31. The molecule has 23 heavy (non-hydrogen) atoms. The molecule has 2 amide bonds. The smallest absolute Gasteiger partial charge is 0.315 e. The zero-order valence-electron chi connectivity index (χ0n) is 13.2. The molecular formula is C16H23ClFN3O2. The standard InChI is InChI=1S/C16H23ClFN3O2/c1-11(10-22)20-16(23)19-9-14(21-7-2-3-8-21)15-12(17)5-4-6-13(15)18/h4-6,11,14,22H,2-3,7-10H2,1H3,(H2,19,20,23). The van der Waals surface area contributed by atoms with Crippen molar-refractivity contribution >= 4 is 17.6 Å². The molecule has 128 valence electrons. The molecular weight excluding hydrogens is 321 g/mol. The number of benzene rings is 1. The fourth-order valence-corrected chi connectivity index (χ4v) is 3.09. The quantitative estimate of drug-likeness (QED) is 0.742. The van der Waals surface area contributed by atoms with Crippen molar-refractivity contribution in [1.29, 1.82) is 0 Å². The first-order chi connectivity index (χ1) is 11.0. The highest BCUT2D eigenvalue weighted by atomic mass is 35.5. The third-order valence-corrected chi connectivity index (χ3v) is 4.35. The van der Waals surface area contributed by atoms with Crippen molar-refractivity contribution in [2.24, 2.45) is 0 Å². The fraction of sp³-hybridized carbons (Fsp3) is 0.562. The van der Waals surface area contributed by atoms with E-state index in [-0.39, 0.29) is 37.1 Å². The summed E-state index contributed by atoms with van der Waals surface area (Å²) in [5.41, 5.74) is 0.423. The molecule has 0 bridgehead atoms. The molecule has 1 aliphatic rings. The van der Waals surface area contributed by atoms with E-state index in [2.05, 4.69) is 15.5 Å². The number of hydrogen-bond acceptors (Lipinski definition) is 3. The Labute approximate surface area is 140 Å². The SMILES string of the molecule is CC(CO)NC(=O)NCC(c1c(F)cccc1Cl)N1CCCC1. The second kappa shape index (κ2) is 8.47. The lowest BCUT2D eigenvalue weighted by molar-refractivity contribution is 0.208. The predicted molar refractivity (Wildman–Crippen MR) is 88.0 cm³/mol. The van der Waals surface area contributed by atoms with Crippen LogP contribution in [0, 0.1) is 5.82 Å². The molecule has 3 N–H and O–H groups in total. The highest BCUT2D eigenvalue weighted by Gasteiger charge is 2.28. The third kappa shape index (κ3) is 4.80. The fourth-order valence-electron chi connectivity index (χ4n) is 2.81. The number of hydrogen-bond donors (Lipinski definition) is 3. The highest BCUT2D eigenvalue weighted by Crippen LogP contribution is 2.31. The average Bonchev–Trinajstić information content (AvgIpc) is 3.04. The predicted octanol–water partition coefficient (Wildman–Crippen LogP) is 2.30. The van der Waals surface area contributed by atoms with Crippen LogP contribution in [0.5, 0.6) is 0 Å². The average molecular weight is 344 g/mol. The molecule has 0 saturated carbocycles. The van der Waals surface area contributed by atoms with Gasteiger partial charge in [0.25, 0.3) is 0 Å². The van der Waals surface area contributed by atoms with Gasteiger partial charge >= 0.3 is 6.03 Å². The monoisotopic (exact) mass is 343 g/mol. The van der Waals surface area contributed by atoms with Crippen LogP contribution < -0.4 is 10.6 Å². The van der Waals surface area contributed by atoms with Crippen LogP contribution in [-0.2, 0) is 0 Å². The van der Waals surface area contributed by atoms with Crippen molar-refractivity contribution in [2.45, 2.75) is 31.8 Å². The van der Waals surface area contributed by atoms with Crippen molar-refractivity contribution in [2.75, 3.05) is 26.2 Å². The minimum absolute atomic E-state index is 0.137. The van der Waals surface area contributed by atoms with Gasteiger partial charge in [0.1, 0.15) is 5.82 Å². The Morgan fingerprint density at radius 3 is 2.74 bits per heavy atom. The first kappa shape index (κ1) is 18.0. The summed E-state index contributed by atoms with van der Waals surface area (Å²) in [7, 11) is 0. The Balaban J connectivity index is 2.11. The molecule has 1 aromatic rings. The van der Waals surface area contributed by atoms with Gasteiger partial charge in [0.2, 0.25) is 0 Å². The van der Waals surface area contributed by atoms with Gasteiger partial charge in [-0.05, 0) is 45.0 Å². The molecule has 0 radical (unpaired) electrons. The summed E-state index contributed by atoms with van der Waals surface area (Å²) < 4.78 is 14.3. The summed E-state index contributed by atoms with van der Waals surface area (Å²) in [6.45, 7) is 3.52. The number of aliphatic hydroxyl groups is 1. The maximum absolute atomic E-state index is 14.3. The molecule has 2 rings (SSSR count). The van der Waals surface area contributed by atoms with E-state index in [1.807, 2.05) is 0 Å². The topological polar surface area (TPSA) is 64.6 Å². The molecule has 0 spiro atoms. The lowest BCUT2D eigenvalue weighted by atomic mass is 10.0. The summed E-state index contributed by atoms with van der Waals surface area (Å²) in [5, 5.41) is 14.7. The van der Waals surface area contributed by atoms with Gasteiger partial charge in [0, 0.05) is 17.1 Å². The molecule has 2 atom stereocenters. The first-order valence-electron chi connectivity index (χ1n) is 7.86. The van der Waals surface area contributed by atoms with Crippen LogP contribution in [0.3, 0.4) is 0 Å². The number of halogens is 2. The number of carbonyl (C=O) groups excluding carboxylic acids is 1. The van der Waals surface area contributed by atoms with E-state index >= 15 is 0 Å². The Morgan fingerprint density at radius 2 is 2.13 bits per heavy atom. The van der Waals surface area contributed by atoms with Gasteiger partial charge in [-0.3, -0.25) is 4.90 Å². The molecule has 0 aromatic heterocycles. The summed E-state index contributed by atoms with van der Waals surface area (Å²) >= 11 is 6.20. The van der Waals surface area contributed by atoms with E-state index in [1.54, 1.807) is 19.1 Å². The minimum Gasteiger partial charge on any atom is -0.394 e. The molecule has 1 saturated heterocycles. The zero-order chi connectivity index (χ0) is 16.8. The Kier molecular flexibility index (Phi) is 6.62. The second-order valence-corrected chi connectivity index (χ2v) is 6.24. The van der Waals surface area contributed by atoms with Crippen molar-refractivity contribution < 1.29 is 14.3 Å². The van der Waals surface area contributed by atoms with Crippen LogP contribution in [0.15, 0.2) is 18.2 Å². The van der Waals surface area contributed by atoms with E-state index in [9.17, 15) is 9.18 Å². The number of likely N-dealkylation sites (tertiary alicyclic amines) is 1. The van der Waals surface area contributed by atoms with E-state index in [0.717, 1.165) is 25.9 Å². The molecule has 2 unspecified atom stereocenters. The Hall–Kier alpha value is -1.37. The van der Waals surface area contributed by atoms with Gasteiger partial charge < -0.3 is 15.7 Å². The number of aliphatic hydroxyl groups excluding tert-OH is 1. The van der Waals surface area contributed by atoms with E-state index in [1.165, 1.54) is 6.07 Å². The first-order valence-corrected chi connectivity index (χ1v) is 8.24. The molecule has 7 heteroatoms. The van der Waals surface area contributed by atoms with Crippen LogP contribution >= 0.6 is 11.6 Å². The van der Waals surface area contributed by atoms with Crippen molar-refractivity contribution in [3.05, 3.63) is 34.6 Å². The lowest BCUT2D eigenvalue weighted by Crippen LogP contribution is -2.45. The van der Waals surface area contributed by atoms with E-state index in [4.69, 9.17) is 16.7 Å². The summed E-state index contributed by atoms with van der Waals surface area (Å²) in [4.78, 5) is 14.0. The number of nitrogens with zero attached hydrogens (tertiary/aromatic N) is 1. The maximum atomic E-state index is 14.3. The van der Waals surface area contributed by atoms with Crippen LogP contribution in [-0.4, -0.2) is 48.3 Å². The zero-order valence-corrected chi connectivity index (χ0v) is 13.9. The van der Waals surface area contributed by atoms with Gasteiger partial charge in [-0.25, -0.2) is 9.18 Å². The number of urea groups is 1. The van der Waals surface area contributed by atoms with E-state index in [0.29, 0.717) is 10.6 Å². The second-order valence-electron chi connectivity index (χ2n) is 5.83. The van der Waals surface area contributed by atoms with Crippen LogP contribution in [0.2, 0.25) is 5.02 Å². The summed E-state index contributed by atoms with van der Waals surface area (Å²) in [5.74, 6) is -0.361. The number of rotatable bonds is 6. The molecule has 1 heterocycles. The van der Waals surface area contributed by atoms with E-state index < -0.39 is 0 Å². The normalized spacial score (nSPS) is 17.7. The number of nitrogens with one attached hydrogen (secondary N) is 2. The molecule has 1 fully saturated rings. The van der Waals surface area contributed by atoms with Crippen LogP contribution in [0.25, 0.3) is 0 Å². The van der Waals surface area contributed by atoms with Crippen molar-refractivity contribution in [1.82, 2.24) is 15.5 Å². The number of carbonyl (C=O) groups is 1. The van der Waals surface area contributed by atoms with Gasteiger partial charge in [0.15, 0.2) is 0 Å². The lowest BCUT2D eigenvalue weighted by Gasteiger charge is -2.29. The molecule has 0 aliphatic carbocycles. The number of amides is 2. The van der Waals surface area contributed by atoms with Gasteiger partial charge in [0.05, 0.1) is 18.7 Å². The Morgan fingerprint density at radius 1 is 1.43 bits per heavy atom. The minimum atomic E-state index is -0.386. The third-order valence-electron chi connectivity index (χ3n) is 4.02. The largest absolute Gasteiger partial charge is 0.394 e. The molecule has 1 aromatic carbocycles. The van der Waals surface area contributed by atoms with Crippen molar-refractivity contribution in [3.8, 4) is 0 Å². The summed E-state index contributed by atoms with van der Waals surface area (Å²) in [6, 6.07) is 3.60. The molecule has 5 nitrogen and oxygen atoms in total. The Bertz CT molecular complexity index is 518. The maximum Gasteiger partial charge on any atom is 0.315 e. The molecule has 1 aliphatic heterocycles. The summed E-state index contributed by atoms with van der Waals surface area (Å²) in [6.07, 6.45) is 2.10. The van der Waals surface area contributed by atoms with Crippen molar-refractivity contribution in [3.63, 3.8) is 0 Å².